The summed E-state index contributed by atoms with van der Waals surface area (Å²) in [6, 6.07) is 0. The fourth-order valence-electron chi connectivity index (χ4n) is 1.87. The molecule has 0 radical (unpaired) electrons. The number of hydrogen-bond donors (Lipinski definition) is 0. The van der Waals surface area contributed by atoms with Gasteiger partial charge in [0.25, 0.3) is 0 Å². The fourth-order valence-corrected chi connectivity index (χ4v) is 1.87. The monoisotopic (exact) mass is 210 g/mol. The number of halogens is 3. The van der Waals surface area contributed by atoms with E-state index >= 15 is 0 Å². The standard InChI is InChI=1S/C9H13F3O2/c1-14-8(13)6-3-2-4-7(5-6)9(10,11)12/h6-7H,2-5H2,1H3/t6-,7-/m1/s1. The Morgan fingerprint density at radius 2 is 2.00 bits per heavy atom. The van der Waals surface area contributed by atoms with E-state index in [9.17, 15) is 18.0 Å². The van der Waals surface area contributed by atoms with Crippen molar-refractivity contribution in [3.05, 3.63) is 0 Å². The average molecular weight is 210 g/mol. The van der Waals surface area contributed by atoms with Gasteiger partial charge in [-0.15, -0.1) is 0 Å². The third kappa shape index (κ3) is 2.62. The highest BCUT2D eigenvalue weighted by molar-refractivity contribution is 5.72. The van der Waals surface area contributed by atoms with E-state index in [0.29, 0.717) is 12.8 Å². The Morgan fingerprint density at radius 1 is 1.36 bits per heavy atom. The molecule has 1 aliphatic rings. The number of hydrogen-bond acceptors (Lipinski definition) is 2. The topological polar surface area (TPSA) is 26.3 Å². The van der Waals surface area contributed by atoms with Crippen molar-refractivity contribution in [1.82, 2.24) is 0 Å². The molecule has 1 aliphatic carbocycles. The van der Waals surface area contributed by atoms with Crippen molar-refractivity contribution in [2.24, 2.45) is 11.8 Å². The molecule has 0 unspecified atom stereocenters. The second-order valence-corrected chi connectivity index (χ2v) is 3.63. The molecule has 14 heavy (non-hydrogen) atoms. The Bertz CT molecular complexity index is 213. The first kappa shape index (κ1) is 11.3. The molecule has 0 heterocycles. The van der Waals surface area contributed by atoms with E-state index in [2.05, 4.69) is 4.74 Å². The normalized spacial score (nSPS) is 28.6. The molecule has 0 amide bonds. The van der Waals surface area contributed by atoms with Gasteiger partial charge in [-0.1, -0.05) is 6.42 Å². The van der Waals surface area contributed by atoms with Gasteiger partial charge in [0, 0.05) is 0 Å². The zero-order valence-corrected chi connectivity index (χ0v) is 7.93. The van der Waals surface area contributed by atoms with Crippen LogP contribution in [0.5, 0.6) is 0 Å². The van der Waals surface area contributed by atoms with Gasteiger partial charge in [0.1, 0.15) is 0 Å². The maximum Gasteiger partial charge on any atom is 0.391 e. The SMILES string of the molecule is COC(=O)[C@@H]1CCC[C@@H](C(F)(F)F)C1. The van der Waals surface area contributed by atoms with Crippen molar-refractivity contribution < 1.29 is 22.7 Å². The molecule has 0 bridgehead atoms. The highest BCUT2D eigenvalue weighted by Crippen LogP contribution is 2.40. The molecular weight excluding hydrogens is 197 g/mol. The number of carbonyl (C=O) groups excluding carboxylic acids is 1. The van der Waals surface area contributed by atoms with E-state index in [1.165, 1.54) is 7.11 Å². The van der Waals surface area contributed by atoms with Crippen LogP contribution in [0.4, 0.5) is 13.2 Å². The summed E-state index contributed by atoms with van der Waals surface area (Å²) in [5.41, 5.74) is 0. The van der Waals surface area contributed by atoms with E-state index < -0.39 is 24.0 Å². The molecule has 5 heteroatoms. The summed E-state index contributed by atoms with van der Waals surface area (Å²) >= 11 is 0. The number of alkyl halides is 3. The Morgan fingerprint density at radius 3 is 2.50 bits per heavy atom. The molecule has 0 aromatic carbocycles. The molecule has 0 N–H and O–H groups in total. The molecule has 0 saturated heterocycles. The zero-order valence-electron chi connectivity index (χ0n) is 7.93. The lowest BCUT2D eigenvalue weighted by Crippen LogP contribution is -2.32. The third-order valence-electron chi connectivity index (χ3n) is 2.67. The second kappa shape index (κ2) is 4.19. The summed E-state index contributed by atoms with van der Waals surface area (Å²) in [6.45, 7) is 0. The van der Waals surface area contributed by atoms with Gasteiger partial charge in [-0.25, -0.2) is 0 Å². The van der Waals surface area contributed by atoms with Gasteiger partial charge in [0.05, 0.1) is 18.9 Å². The smallest absolute Gasteiger partial charge is 0.391 e. The van der Waals surface area contributed by atoms with Crippen molar-refractivity contribution in [1.29, 1.82) is 0 Å². The first-order valence-electron chi connectivity index (χ1n) is 4.59. The average Bonchev–Trinajstić information content (AvgIpc) is 2.15. The molecule has 0 aliphatic heterocycles. The van der Waals surface area contributed by atoms with Crippen LogP contribution in [0, 0.1) is 11.8 Å². The number of rotatable bonds is 1. The molecule has 1 fully saturated rings. The Kier molecular flexibility index (Phi) is 3.39. The Hall–Kier alpha value is -0.740. The number of ether oxygens (including phenoxy) is 1. The summed E-state index contributed by atoms with van der Waals surface area (Å²) in [4.78, 5) is 11.0. The first-order chi connectivity index (χ1) is 6.45. The minimum atomic E-state index is -4.17. The summed E-state index contributed by atoms with van der Waals surface area (Å²) in [5, 5.41) is 0. The predicted molar refractivity (Wildman–Crippen MR) is 43.5 cm³/mol. The fraction of sp³-hybridized carbons (Fsp3) is 0.889. The van der Waals surface area contributed by atoms with Gasteiger partial charge in [0.15, 0.2) is 0 Å². The van der Waals surface area contributed by atoms with E-state index in [4.69, 9.17) is 0 Å². The number of methoxy groups -OCH3 is 1. The highest BCUT2D eigenvalue weighted by Gasteiger charge is 2.43. The van der Waals surface area contributed by atoms with Crippen LogP contribution in [0.1, 0.15) is 25.7 Å². The molecule has 2 atom stereocenters. The molecule has 0 aromatic rings. The van der Waals surface area contributed by atoms with E-state index in [1.807, 2.05) is 0 Å². The lowest BCUT2D eigenvalue weighted by molar-refractivity contribution is -0.188. The third-order valence-corrected chi connectivity index (χ3v) is 2.67. The van der Waals surface area contributed by atoms with Crippen molar-refractivity contribution >= 4 is 5.97 Å². The van der Waals surface area contributed by atoms with E-state index in [1.54, 1.807) is 0 Å². The molecule has 0 spiro atoms. The largest absolute Gasteiger partial charge is 0.469 e. The zero-order chi connectivity index (χ0) is 10.8. The summed E-state index contributed by atoms with van der Waals surface area (Å²) in [5.74, 6) is -2.42. The van der Waals surface area contributed by atoms with Crippen LogP contribution < -0.4 is 0 Å². The van der Waals surface area contributed by atoms with Gasteiger partial charge in [-0.3, -0.25) is 4.79 Å². The molecule has 1 rings (SSSR count). The van der Waals surface area contributed by atoms with E-state index in [0.717, 1.165) is 0 Å². The maximum absolute atomic E-state index is 12.3. The summed E-state index contributed by atoms with van der Waals surface area (Å²) in [7, 11) is 1.21. The van der Waals surface area contributed by atoms with Crippen LogP contribution in [-0.4, -0.2) is 19.3 Å². The van der Waals surface area contributed by atoms with Crippen molar-refractivity contribution in [3.63, 3.8) is 0 Å². The lowest BCUT2D eigenvalue weighted by Gasteiger charge is -2.28. The number of esters is 1. The molecule has 2 nitrogen and oxygen atoms in total. The Balaban J connectivity index is 2.56. The molecule has 82 valence electrons. The van der Waals surface area contributed by atoms with Crippen molar-refractivity contribution in [2.75, 3.05) is 7.11 Å². The van der Waals surface area contributed by atoms with Crippen LogP contribution >= 0.6 is 0 Å². The minimum absolute atomic E-state index is 0.115. The molecule has 1 saturated carbocycles. The van der Waals surface area contributed by atoms with Crippen LogP contribution in [0.15, 0.2) is 0 Å². The second-order valence-electron chi connectivity index (χ2n) is 3.63. The predicted octanol–water partition coefficient (Wildman–Crippen LogP) is 2.53. The van der Waals surface area contributed by atoms with Gasteiger partial charge < -0.3 is 4.74 Å². The quantitative estimate of drug-likeness (QED) is 0.621. The minimum Gasteiger partial charge on any atom is -0.469 e. The van der Waals surface area contributed by atoms with Crippen molar-refractivity contribution in [2.45, 2.75) is 31.9 Å². The Labute approximate surface area is 80.4 Å². The maximum atomic E-state index is 12.3. The van der Waals surface area contributed by atoms with Gasteiger partial charge in [0.2, 0.25) is 0 Å². The lowest BCUT2D eigenvalue weighted by atomic mass is 9.81. The summed E-state index contributed by atoms with van der Waals surface area (Å²) in [6.07, 6.45) is -3.19. The van der Waals surface area contributed by atoms with Crippen LogP contribution in [0.3, 0.4) is 0 Å². The van der Waals surface area contributed by atoms with Crippen LogP contribution in [0.2, 0.25) is 0 Å². The van der Waals surface area contributed by atoms with Crippen LogP contribution in [-0.2, 0) is 9.53 Å². The summed E-state index contributed by atoms with van der Waals surface area (Å²) < 4.78 is 41.4. The number of carbonyl (C=O) groups is 1. The van der Waals surface area contributed by atoms with Gasteiger partial charge in [-0.2, -0.15) is 13.2 Å². The first-order valence-corrected chi connectivity index (χ1v) is 4.59. The molecular formula is C9H13F3O2. The highest BCUT2D eigenvalue weighted by atomic mass is 19.4. The van der Waals surface area contributed by atoms with Gasteiger partial charge in [-0.05, 0) is 19.3 Å². The van der Waals surface area contributed by atoms with Crippen molar-refractivity contribution in [3.8, 4) is 0 Å². The van der Waals surface area contributed by atoms with E-state index in [-0.39, 0.29) is 12.8 Å². The van der Waals surface area contributed by atoms with Gasteiger partial charge >= 0.3 is 12.1 Å². The molecule has 0 aromatic heterocycles. The van der Waals surface area contributed by atoms with Crippen LogP contribution in [0.25, 0.3) is 0 Å².